The van der Waals surface area contributed by atoms with Crippen LogP contribution in [-0.2, 0) is 4.74 Å². The first-order chi connectivity index (χ1) is 6.23. The van der Waals surface area contributed by atoms with E-state index in [0.29, 0.717) is 11.5 Å². The van der Waals surface area contributed by atoms with Crippen LogP contribution in [0.15, 0.2) is 0 Å². The first-order valence-corrected chi connectivity index (χ1v) is 5.54. The summed E-state index contributed by atoms with van der Waals surface area (Å²) in [5.41, 5.74) is 0.532. The Bertz CT molecular complexity index is 135. The van der Waals surface area contributed by atoms with Crippen molar-refractivity contribution in [2.24, 2.45) is 5.41 Å². The third-order valence-corrected chi connectivity index (χ3v) is 3.01. The van der Waals surface area contributed by atoms with Crippen LogP contribution in [0.2, 0.25) is 0 Å². The van der Waals surface area contributed by atoms with Gasteiger partial charge in [0.2, 0.25) is 0 Å². The molecule has 0 amide bonds. The van der Waals surface area contributed by atoms with Crippen molar-refractivity contribution in [3.8, 4) is 0 Å². The Kier molecular flexibility index (Phi) is 4.20. The number of ether oxygens (including phenoxy) is 1. The summed E-state index contributed by atoms with van der Waals surface area (Å²) >= 11 is 0. The maximum absolute atomic E-state index is 5.50. The molecule has 0 aromatic heterocycles. The molecule has 2 nitrogen and oxygen atoms in total. The van der Waals surface area contributed by atoms with Gasteiger partial charge in [-0.3, -0.25) is 0 Å². The summed E-state index contributed by atoms with van der Waals surface area (Å²) in [6, 6.07) is 0.576. The number of rotatable bonds is 7. The van der Waals surface area contributed by atoms with Gasteiger partial charge in [0.15, 0.2) is 0 Å². The fourth-order valence-corrected chi connectivity index (χ4v) is 1.61. The SMILES string of the molecule is CCCNC(COCC)C1(C)CC1. The molecule has 0 spiro atoms. The lowest BCUT2D eigenvalue weighted by Crippen LogP contribution is -2.40. The van der Waals surface area contributed by atoms with Gasteiger partial charge in [-0.25, -0.2) is 0 Å². The van der Waals surface area contributed by atoms with Gasteiger partial charge < -0.3 is 10.1 Å². The molecule has 1 saturated carbocycles. The van der Waals surface area contributed by atoms with E-state index < -0.39 is 0 Å². The molecule has 78 valence electrons. The van der Waals surface area contributed by atoms with E-state index in [1.807, 2.05) is 0 Å². The number of nitrogens with one attached hydrogen (secondary N) is 1. The molecule has 0 saturated heterocycles. The van der Waals surface area contributed by atoms with Gasteiger partial charge in [-0.15, -0.1) is 0 Å². The fourth-order valence-electron chi connectivity index (χ4n) is 1.61. The van der Waals surface area contributed by atoms with Gasteiger partial charge in [0.1, 0.15) is 0 Å². The molecule has 1 aliphatic rings. The molecule has 1 rings (SSSR count). The van der Waals surface area contributed by atoms with Crippen LogP contribution in [0.1, 0.15) is 40.0 Å². The fraction of sp³-hybridized carbons (Fsp3) is 1.00. The lowest BCUT2D eigenvalue weighted by Gasteiger charge is -2.24. The molecule has 13 heavy (non-hydrogen) atoms. The average Bonchev–Trinajstić information content (AvgIpc) is 2.85. The first kappa shape index (κ1) is 11.0. The summed E-state index contributed by atoms with van der Waals surface area (Å²) in [4.78, 5) is 0. The minimum Gasteiger partial charge on any atom is -0.380 e. The van der Waals surface area contributed by atoms with Crippen molar-refractivity contribution in [1.82, 2.24) is 5.32 Å². The highest BCUT2D eigenvalue weighted by Crippen LogP contribution is 2.48. The van der Waals surface area contributed by atoms with E-state index in [0.717, 1.165) is 19.8 Å². The normalized spacial score (nSPS) is 21.5. The molecule has 1 N–H and O–H groups in total. The van der Waals surface area contributed by atoms with Crippen LogP contribution in [0.3, 0.4) is 0 Å². The predicted octanol–water partition coefficient (Wildman–Crippen LogP) is 2.19. The molecule has 1 atom stereocenters. The zero-order chi connectivity index (χ0) is 9.73. The molecular formula is C11H23NO. The molecule has 1 unspecified atom stereocenters. The molecule has 0 heterocycles. The zero-order valence-corrected chi connectivity index (χ0v) is 9.23. The monoisotopic (exact) mass is 185 g/mol. The van der Waals surface area contributed by atoms with Crippen molar-refractivity contribution in [2.75, 3.05) is 19.8 Å². The summed E-state index contributed by atoms with van der Waals surface area (Å²) in [5.74, 6) is 0. The Labute approximate surface area is 82.0 Å². The minimum absolute atomic E-state index is 0.532. The van der Waals surface area contributed by atoms with E-state index in [1.165, 1.54) is 19.3 Å². The van der Waals surface area contributed by atoms with Gasteiger partial charge >= 0.3 is 0 Å². The second-order valence-corrected chi connectivity index (χ2v) is 4.32. The molecule has 0 bridgehead atoms. The van der Waals surface area contributed by atoms with Crippen molar-refractivity contribution in [3.63, 3.8) is 0 Å². The van der Waals surface area contributed by atoms with E-state index in [1.54, 1.807) is 0 Å². The van der Waals surface area contributed by atoms with Gasteiger partial charge in [0.25, 0.3) is 0 Å². The van der Waals surface area contributed by atoms with Crippen molar-refractivity contribution in [1.29, 1.82) is 0 Å². The molecule has 0 aliphatic heterocycles. The molecule has 2 heteroatoms. The third kappa shape index (κ3) is 3.28. The Morgan fingerprint density at radius 1 is 1.38 bits per heavy atom. The number of hydrogen-bond acceptors (Lipinski definition) is 2. The smallest absolute Gasteiger partial charge is 0.0624 e. The Balaban J connectivity index is 2.26. The maximum atomic E-state index is 5.50. The first-order valence-electron chi connectivity index (χ1n) is 5.54. The summed E-state index contributed by atoms with van der Waals surface area (Å²) in [6.07, 6.45) is 3.93. The Morgan fingerprint density at radius 2 is 2.08 bits per heavy atom. The van der Waals surface area contributed by atoms with Gasteiger partial charge in [0.05, 0.1) is 6.61 Å². The van der Waals surface area contributed by atoms with Gasteiger partial charge in [-0.05, 0) is 38.1 Å². The maximum Gasteiger partial charge on any atom is 0.0624 e. The lowest BCUT2D eigenvalue weighted by molar-refractivity contribution is 0.101. The van der Waals surface area contributed by atoms with Gasteiger partial charge in [-0.2, -0.15) is 0 Å². The highest BCUT2D eigenvalue weighted by molar-refractivity contribution is 4.98. The van der Waals surface area contributed by atoms with E-state index in [2.05, 4.69) is 26.1 Å². The topological polar surface area (TPSA) is 21.3 Å². The molecule has 1 aliphatic carbocycles. The number of hydrogen-bond donors (Lipinski definition) is 1. The van der Waals surface area contributed by atoms with Gasteiger partial charge in [-0.1, -0.05) is 13.8 Å². The Morgan fingerprint density at radius 3 is 2.54 bits per heavy atom. The summed E-state index contributed by atoms with van der Waals surface area (Å²) in [7, 11) is 0. The van der Waals surface area contributed by atoms with E-state index in [9.17, 15) is 0 Å². The van der Waals surface area contributed by atoms with E-state index in [4.69, 9.17) is 4.74 Å². The van der Waals surface area contributed by atoms with Crippen LogP contribution in [0, 0.1) is 5.41 Å². The second kappa shape index (κ2) is 4.97. The predicted molar refractivity (Wildman–Crippen MR) is 55.9 cm³/mol. The largest absolute Gasteiger partial charge is 0.380 e. The van der Waals surface area contributed by atoms with E-state index >= 15 is 0 Å². The van der Waals surface area contributed by atoms with Crippen LogP contribution in [0.4, 0.5) is 0 Å². The van der Waals surface area contributed by atoms with Crippen molar-refractivity contribution in [3.05, 3.63) is 0 Å². The highest BCUT2D eigenvalue weighted by atomic mass is 16.5. The average molecular weight is 185 g/mol. The Hall–Kier alpha value is -0.0800. The highest BCUT2D eigenvalue weighted by Gasteiger charge is 2.44. The van der Waals surface area contributed by atoms with Gasteiger partial charge in [0, 0.05) is 12.6 Å². The van der Waals surface area contributed by atoms with Crippen LogP contribution in [-0.4, -0.2) is 25.8 Å². The summed E-state index contributed by atoms with van der Waals surface area (Å²) < 4.78 is 5.50. The standard InChI is InChI=1S/C11H23NO/c1-4-8-12-10(9-13-5-2)11(3)6-7-11/h10,12H,4-9H2,1-3H3. The molecule has 0 aromatic carbocycles. The molecular weight excluding hydrogens is 162 g/mol. The van der Waals surface area contributed by atoms with Crippen LogP contribution in [0.25, 0.3) is 0 Å². The van der Waals surface area contributed by atoms with Crippen molar-refractivity contribution < 1.29 is 4.74 Å². The molecule has 0 aromatic rings. The van der Waals surface area contributed by atoms with Crippen LogP contribution < -0.4 is 5.32 Å². The third-order valence-electron chi connectivity index (χ3n) is 3.01. The second-order valence-electron chi connectivity index (χ2n) is 4.32. The van der Waals surface area contributed by atoms with Crippen LogP contribution >= 0.6 is 0 Å². The summed E-state index contributed by atoms with van der Waals surface area (Å²) in [5, 5.41) is 3.58. The minimum atomic E-state index is 0.532. The van der Waals surface area contributed by atoms with Crippen molar-refractivity contribution in [2.45, 2.75) is 46.1 Å². The molecule has 1 fully saturated rings. The van der Waals surface area contributed by atoms with E-state index in [-0.39, 0.29) is 0 Å². The quantitative estimate of drug-likeness (QED) is 0.656. The summed E-state index contributed by atoms with van der Waals surface area (Å²) in [6.45, 7) is 9.46. The van der Waals surface area contributed by atoms with Crippen molar-refractivity contribution >= 4 is 0 Å². The van der Waals surface area contributed by atoms with Crippen LogP contribution in [0.5, 0.6) is 0 Å². The molecule has 0 radical (unpaired) electrons. The lowest BCUT2D eigenvalue weighted by atomic mass is 10.00. The zero-order valence-electron chi connectivity index (χ0n) is 9.23.